The Morgan fingerprint density at radius 3 is 2.73 bits per heavy atom. The van der Waals surface area contributed by atoms with Crippen molar-refractivity contribution in [3.63, 3.8) is 0 Å². The molecule has 0 amide bonds. The van der Waals surface area contributed by atoms with Crippen LogP contribution in [0.5, 0.6) is 0 Å². The highest BCUT2D eigenvalue weighted by Crippen LogP contribution is 2.39. The number of hydrogen-bond donors (Lipinski definition) is 1. The molecule has 11 heteroatoms. The number of H-pyrrole nitrogens is 1. The largest absolute Gasteiger partial charge is 0.330 e. The van der Waals surface area contributed by atoms with Gasteiger partial charge in [0, 0.05) is 30.4 Å². The third kappa shape index (κ3) is 4.31. The zero-order valence-corrected chi connectivity index (χ0v) is 20.4. The molecule has 0 atom stereocenters. The van der Waals surface area contributed by atoms with E-state index in [1.54, 1.807) is 27.7 Å². The molecule has 9 nitrogen and oxygen atoms in total. The van der Waals surface area contributed by atoms with Gasteiger partial charge in [-0.1, -0.05) is 31.2 Å². The number of nitrogens with one attached hydrogen (secondary N) is 1. The summed E-state index contributed by atoms with van der Waals surface area (Å²) in [7, 11) is 0. The summed E-state index contributed by atoms with van der Waals surface area (Å²) in [5.41, 5.74) is 0.155. The van der Waals surface area contributed by atoms with Crippen LogP contribution in [0.15, 0.2) is 32.3 Å². The van der Waals surface area contributed by atoms with E-state index in [0.29, 0.717) is 36.0 Å². The van der Waals surface area contributed by atoms with Crippen molar-refractivity contribution >= 4 is 34.3 Å². The van der Waals surface area contributed by atoms with Gasteiger partial charge in [0.2, 0.25) is 0 Å². The number of thiophene rings is 1. The summed E-state index contributed by atoms with van der Waals surface area (Å²) in [5, 5.41) is 12.0. The number of fused-ring (bicyclic) bond motifs is 1. The highest BCUT2D eigenvalue weighted by Gasteiger charge is 2.30. The Bertz CT molecular complexity index is 1380. The quantitative estimate of drug-likeness (QED) is 0.345. The molecule has 0 aromatic carbocycles. The van der Waals surface area contributed by atoms with Crippen molar-refractivity contribution in [3.05, 3.63) is 54.9 Å². The maximum atomic E-state index is 12.6. The maximum absolute atomic E-state index is 12.6. The first-order chi connectivity index (χ1) is 16.1. The van der Waals surface area contributed by atoms with Crippen LogP contribution in [0.4, 0.5) is 0 Å². The van der Waals surface area contributed by atoms with Crippen LogP contribution in [0.25, 0.3) is 11.2 Å². The van der Waals surface area contributed by atoms with Crippen molar-refractivity contribution in [2.75, 3.05) is 0 Å². The van der Waals surface area contributed by atoms with Crippen molar-refractivity contribution in [1.29, 1.82) is 0 Å². The number of nitrogens with zero attached hydrogens (tertiary/aromatic N) is 6. The summed E-state index contributed by atoms with van der Waals surface area (Å²) in [4.78, 5) is 33.6. The van der Waals surface area contributed by atoms with Crippen LogP contribution in [-0.4, -0.2) is 33.9 Å². The molecule has 1 N–H and O–H groups in total. The molecule has 4 aromatic heterocycles. The van der Waals surface area contributed by atoms with Crippen molar-refractivity contribution in [3.8, 4) is 0 Å². The van der Waals surface area contributed by atoms with Crippen LogP contribution in [0.2, 0.25) is 0 Å². The Hall–Kier alpha value is -2.66. The predicted molar refractivity (Wildman–Crippen MR) is 130 cm³/mol. The summed E-state index contributed by atoms with van der Waals surface area (Å²) in [5.74, 6) is 2.31. The van der Waals surface area contributed by atoms with E-state index in [-0.39, 0.29) is 5.56 Å². The minimum Gasteiger partial charge on any atom is -0.322 e. The lowest BCUT2D eigenvalue weighted by molar-refractivity contribution is 0.613. The lowest BCUT2D eigenvalue weighted by atomic mass is 10.3. The second-order valence-corrected chi connectivity index (χ2v) is 10.2. The number of thioether (sulfide) groups is 1. The monoisotopic (exact) mass is 485 g/mol. The van der Waals surface area contributed by atoms with E-state index >= 15 is 0 Å². The summed E-state index contributed by atoms with van der Waals surface area (Å²) in [6.45, 7) is 5.20. The molecule has 0 spiro atoms. The Kier molecular flexibility index (Phi) is 6.24. The normalized spacial score (nSPS) is 13.9. The molecule has 0 saturated heterocycles. The van der Waals surface area contributed by atoms with Gasteiger partial charge in [0.05, 0.1) is 5.75 Å². The highest BCUT2D eigenvalue weighted by atomic mass is 32.2. The first-order valence-corrected chi connectivity index (χ1v) is 13.3. The van der Waals surface area contributed by atoms with Crippen molar-refractivity contribution in [1.82, 2.24) is 33.9 Å². The van der Waals surface area contributed by atoms with Gasteiger partial charge in [0.25, 0.3) is 5.56 Å². The molecule has 4 aromatic rings. The lowest BCUT2D eigenvalue weighted by Gasteiger charge is -2.09. The summed E-state index contributed by atoms with van der Waals surface area (Å²) >= 11 is 3.32. The SMILES string of the molecule is CCCCn1c(=O)[nH]c(=O)c2c1nc(CSc1nnc(Cc3cccs3)n1C1CC1)n2CC. The van der Waals surface area contributed by atoms with Crippen LogP contribution in [0.3, 0.4) is 0 Å². The van der Waals surface area contributed by atoms with Gasteiger partial charge in [0.1, 0.15) is 11.6 Å². The van der Waals surface area contributed by atoms with Gasteiger partial charge in [-0.25, -0.2) is 9.78 Å². The molecule has 4 heterocycles. The molecule has 0 bridgehead atoms. The van der Waals surface area contributed by atoms with E-state index in [9.17, 15) is 9.59 Å². The second-order valence-electron chi connectivity index (χ2n) is 8.25. The molecular formula is C22H27N7O2S2. The Morgan fingerprint density at radius 1 is 1.18 bits per heavy atom. The minimum absolute atomic E-state index is 0.382. The van der Waals surface area contributed by atoms with E-state index < -0.39 is 5.69 Å². The Balaban J connectivity index is 1.47. The van der Waals surface area contributed by atoms with E-state index in [1.165, 1.54) is 4.88 Å². The van der Waals surface area contributed by atoms with Gasteiger partial charge >= 0.3 is 5.69 Å². The number of rotatable bonds is 10. The van der Waals surface area contributed by atoms with Crippen LogP contribution < -0.4 is 11.2 Å². The molecule has 1 saturated carbocycles. The maximum Gasteiger partial charge on any atom is 0.330 e. The summed E-state index contributed by atoms with van der Waals surface area (Å²) < 4.78 is 5.77. The van der Waals surface area contributed by atoms with Crippen LogP contribution in [-0.2, 0) is 25.3 Å². The molecule has 0 aliphatic heterocycles. The molecule has 1 fully saturated rings. The first kappa shape index (κ1) is 22.1. The number of unbranched alkanes of at least 4 members (excludes halogenated alkanes) is 1. The van der Waals surface area contributed by atoms with E-state index in [1.807, 2.05) is 11.5 Å². The lowest BCUT2D eigenvalue weighted by Crippen LogP contribution is -2.31. The fourth-order valence-electron chi connectivity index (χ4n) is 4.12. The van der Waals surface area contributed by atoms with E-state index in [2.05, 4.69) is 44.2 Å². The topological polar surface area (TPSA) is 103 Å². The van der Waals surface area contributed by atoms with Crippen LogP contribution in [0.1, 0.15) is 62.1 Å². The molecule has 1 aliphatic rings. The smallest absolute Gasteiger partial charge is 0.322 e. The Labute approximate surface area is 198 Å². The zero-order chi connectivity index (χ0) is 22.9. The number of hydrogen-bond acceptors (Lipinski definition) is 7. The molecule has 0 unspecified atom stereocenters. The van der Waals surface area contributed by atoms with Crippen LogP contribution in [0, 0.1) is 0 Å². The molecule has 1 aliphatic carbocycles. The molecule has 33 heavy (non-hydrogen) atoms. The number of aromatic nitrogens is 7. The minimum atomic E-state index is -0.396. The van der Waals surface area contributed by atoms with Crippen molar-refractivity contribution in [2.45, 2.75) is 76.0 Å². The predicted octanol–water partition coefficient (Wildman–Crippen LogP) is 3.58. The summed E-state index contributed by atoms with van der Waals surface area (Å²) in [6.07, 6.45) is 4.88. The van der Waals surface area contributed by atoms with Crippen molar-refractivity contribution in [2.24, 2.45) is 0 Å². The van der Waals surface area contributed by atoms with Crippen molar-refractivity contribution < 1.29 is 0 Å². The molecular weight excluding hydrogens is 458 g/mol. The molecule has 5 rings (SSSR count). The Morgan fingerprint density at radius 2 is 2.03 bits per heavy atom. The number of aromatic amines is 1. The number of imidazole rings is 1. The first-order valence-electron chi connectivity index (χ1n) is 11.4. The third-order valence-corrected chi connectivity index (χ3v) is 7.72. The second kappa shape index (κ2) is 9.30. The van der Waals surface area contributed by atoms with Gasteiger partial charge in [-0.15, -0.1) is 21.5 Å². The molecule has 0 radical (unpaired) electrons. The average molecular weight is 486 g/mol. The van der Waals surface area contributed by atoms with Gasteiger partial charge in [-0.3, -0.25) is 14.3 Å². The number of aryl methyl sites for hydroxylation is 2. The van der Waals surface area contributed by atoms with Crippen LogP contribution >= 0.6 is 23.1 Å². The van der Waals surface area contributed by atoms with Gasteiger partial charge in [0.15, 0.2) is 16.3 Å². The zero-order valence-electron chi connectivity index (χ0n) is 18.8. The van der Waals surface area contributed by atoms with E-state index in [0.717, 1.165) is 48.9 Å². The summed E-state index contributed by atoms with van der Waals surface area (Å²) in [6, 6.07) is 4.65. The van der Waals surface area contributed by atoms with Gasteiger partial charge in [-0.2, -0.15) is 0 Å². The fourth-order valence-corrected chi connectivity index (χ4v) is 5.79. The standard InChI is InChI=1S/C22H27N7O2S2/c1-3-5-10-28-19-18(20(30)24-21(28)31)27(4-2)17(23-19)13-33-22-26-25-16(29(22)14-8-9-14)12-15-7-6-11-32-15/h6-7,11,14H,3-5,8-10,12-13H2,1-2H3,(H,24,30,31). The average Bonchev–Trinajstić information content (AvgIpc) is 3.20. The fraction of sp³-hybridized carbons (Fsp3) is 0.500. The highest BCUT2D eigenvalue weighted by molar-refractivity contribution is 7.98. The van der Waals surface area contributed by atoms with Gasteiger partial charge in [-0.05, 0) is 37.6 Å². The third-order valence-electron chi connectivity index (χ3n) is 5.91. The van der Waals surface area contributed by atoms with E-state index in [4.69, 9.17) is 4.98 Å². The molecule has 174 valence electrons. The van der Waals surface area contributed by atoms with Gasteiger partial charge < -0.3 is 9.13 Å².